The van der Waals surface area contributed by atoms with Gasteiger partial charge < -0.3 is 9.47 Å². The number of nitrogens with zero attached hydrogens (tertiary/aromatic N) is 6. The Hall–Kier alpha value is -3.98. The zero-order valence-electron chi connectivity index (χ0n) is 20.7. The van der Waals surface area contributed by atoms with E-state index in [1.54, 1.807) is 34.2 Å². The zero-order valence-corrected chi connectivity index (χ0v) is 20.7. The molecule has 0 saturated carbocycles. The molecule has 0 bridgehead atoms. The first kappa shape index (κ1) is 22.8. The fourth-order valence-electron chi connectivity index (χ4n) is 4.44. The smallest absolute Gasteiger partial charge is 0.333 e. The van der Waals surface area contributed by atoms with Crippen LogP contribution in [0.4, 0.5) is 0 Å². The first-order valence-electron chi connectivity index (χ1n) is 11.4. The molecule has 5 rings (SSSR count). The third-order valence-electron chi connectivity index (χ3n) is 6.02. The second kappa shape index (κ2) is 8.66. The van der Waals surface area contributed by atoms with E-state index in [4.69, 9.17) is 9.47 Å². The van der Waals surface area contributed by atoms with E-state index >= 15 is 0 Å². The van der Waals surface area contributed by atoms with E-state index < -0.39 is 0 Å². The maximum Gasteiger partial charge on any atom is 0.333 e. The van der Waals surface area contributed by atoms with Gasteiger partial charge in [0.1, 0.15) is 11.4 Å². The summed E-state index contributed by atoms with van der Waals surface area (Å²) in [5.41, 5.74) is 6.32. The second-order valence-electron chi connectivity index (χ2n) is 8.94. The van der Waals surface area contributed by atoms with Crippen LogP contribution in [0.1, 0.15) is 25.2 Å². The van der Waals surface area contributed by atoms with E-state index in [1.807, 2.05) is 58.4 Å². The van der Waals surface area contributed by atoms with Crippen LogP contribution in [-0.4, -0.2) is 42.1 Å². The lowest BCUT2D eigenvalue weighted by Crippen LogP contribution is -2.21. The van der Waals surface area contributed by atoms with Crippen molar-refractivity contribution < 1.29 is 9.47 Å². The average Bonchev–Trinajstić information content (AvgIpc) is 3.29. The van der Waals surface area contributed by atoms with Gasteiger partial charge >= 0.3 is 5.69 Å². The van der Waals surface area contributed by atoms with Crippen molar-refractivity contribution in [2.24, 2.45) is 14.1 Å². The van der Waals surface area contributed by atoms with E-state index in [2.05, 4.69) is 21.1 Å². The summed E-state index contributed by atoms with van der Waals surface area (Å²) < 4.78 is 16.4. The van der Waals surface area contributed by atoms with Gasteiger partial charge in [-0.3, -0.25) is 23.8 Å². The highest BCUT2D eigenvalue weighted by molar-refractivity contribution is 6.04. The maximum atomic E-state index is 13.3. The van der Waals surface area contributed by atoms with Gasteiger partial charge in [-0.1, -0.05) is 6.07 Å². The molecule has 35 heavy (non-hydrogen) atoms. The fourth-order valence-corrected chi connectivity index (χ4v) is 4.44. The number of hydrogen-bond acceptors (Lipinski definition) is 6. The average molecular weight is 473 g/mol. The molecule has 0 aliphatic carbocycles. The minimum Gasteiger partial charge on any atom is -0.489 e. The highest BCUT2D eigenvalue weighted by atomic mass is 16.5. The van der Waals surface area contributed by atoms with Crippen LogP contribution in [0.25, 0.3) is 38.8 Å². The Morgan fingerprint density at radius 2 is 1.86 bits per heavy atom. The first-order chi connectivity index (χ1) is 16.8. The van der Waals surface area contributed by atoms with Gasteiger partial charge in [-0.25, -0.2) is 4.79 Å². The lowest BCUT2D eigenvalue weighted by molar-refractivity contribution is 0.171. The summed E-state index contributed by atoms with van der Waals surface area (Å²) in [5.74, 6) is 0.693. The summed E-state index contributed by atoms with van der Waals surface area (Å²) in [6, 6.07) is 8.01. The molecule has 4 heterocycles. The number of rotatable bonds is 6. The Morgan fingerprint density at radius 3 is 2.54 bits per heavy atom. The topological polar surface area (TPSA) is 89.0 Å². The number of fused-ring (bicyclic) bond motifs is 3. The summed E-state index contributed by atoms with van der Waals surface area (Å²) in [4.78, 5) is 22.5. The molecule has 0 spiro atoms. The molecule has 0 unspecified atom stereocenters. The van der Waals surface area contributed by atoms with Crippen molar-refractivity contribution in [3.05, 3.63) is 64.7 Å². The van der Waals surface area contributed by atoms with Crippen LogP contribution in [0.2, 0.25) is 0 Å². The van der Waals surface area contributed by atoms with Crippen LogP contribution >= 0.6 is 0 Å². The van der Waals surface area contributed by atoms with Crippen LogP contribution in [0.5, 0.6) is 5.75 Å². The SMILES string of the molecule is COCc1ncc(-c2ccc3ncc4c(c3c2)n(-c2cn(C)nc2C)c(=O)n4C)cc1OC(C)C. The number of benzene rings is 1. The largest absolute Gasteiger partial charge is 0.489 e. The van der Waals surface area contributed by atoms with Gasteiger partial charge in [-0.05, 0) is 44.5 Å². The van der Waals surface area contributed by atoms with Crippen LogP contribution < -0.4 is 10.4 Å². The van der Waals surface area contributed by atoms with Crippen LogP contribution in [0, 0.1) is 6.92 Å². The van der Waals surface area contributed by atoms with Crippen molar-refractivity contribution in [1.29, 1.82) is 0 Å². The third-order valence-corrected chi connectivity index (χ3v) is 6.02. The molecule has 0 radical (unpaired) electrons. The minimum absolute atomic E-state index is 0.00422. The van der Waals surface area contributed by atoms with E-state index in [-0.39, 0.29) is 11.8 Å². The summed E-state index contributed by atoms with van der Waals surface area (Å²) in [6.07, 6.45) is 5.43. The van der Waals surface area contributed by atoms with Crippen molar-refractivity contribution in [3.8, 4) is 22.6 Å². The molecule has 0 atom stereocenters. The quantitative estimate of drug-likeness (QED) is 0.372. The highest BCUT2D eigenvalue weighted by Crippen LogP contribution is 2.32. The first-order valence-corrected chi connectivity index (χ1v) is 11.4. The number of imidazole rings is 1. The molecule has 0 N–H and O–H groups in total. The van der Waals surface area contributed by atoms with E-state index in [1.165, 1.54) is 0 Å². The Balaban J connectivity index is 1.76. The Bertz CT molecular complexity index is 1630. The summed E-state index contributed by atoms with van der Waals surface area (Å²) >= 11 is 0. The number of aromatic nitrogens is 6. The molecule has 5 aromatic rings. The molecule has 0 saturated heterocycles. The second-order valence-corrected chi connectivity index (χ2v) is 8.94. The molecule has 1 aromatic carbocycles. The normalized spacial score (nSPS) is 11.7. The summed E-state index contributed by atoms with van der Waals surface area (Å²) in [5, 5.41) is 5.31. The predicted molar refractivity (Wildman–Crippen MR) is 135 cm³/mol. The van der Waals surface area contributed by atoms with Crippen molar-refractivity contribution in [2.75, 3.05) is 7.11 Å². The lowest BCUT2D eigenvalue weighted by atomic mass is 10.0. The molecule has 9 nitrogen and oxygen atoms in total. The number of aryl methyl sites for hydroxylation is 3. The highest BCUT2D eigenvalue weighted by Gasteiger charge is 2.19. The van der Waals surface area contributed by atoms with Crippen LogP contribution in [0.15, 0.2) is 47.7 Å². The summed E-state index contributed by atoms with van der Waals surface area (Å²) in [7, 11) is 5.25. The Morgan fingerprint density at radius 1 is 1.06 bits per heavy atom. The standard InChI is InChI=1S/C26H28N6O3/c1-15(2)35-24-10-18(11-27-21(24)14-34-6)17-7-8-20-19(9-17)25-22(12-28-20)31(5)26(33)32(25)23-13-30(4)29-16(23)3/h7-13,15H,14H2,1-6H3. The van der Waals surface area contributed by atoms with Gasteiger partial charge in [0.15, 0.2) is 0 Å². The molecule has 0 aliphatic rings. The number of methoxy groups -OCH3 is 1. The molecule has 4 aromatic heterocycles. The van der Waals surface area contributed by atoms with Gasteiger partial charge in [0, 0.05) is 44.5 Å². The molecule has 180 valence electrons. The van der Waals surface area contributed by atoms with Crippen molar-refractivity contribution in [2.45, 2.75) is 33.5 Å². The maximum absolute atomic E-state index is 13.3. The van der Waals surface area contributed by atoms with Crippen molar-refractivity contribution in [1.82, 2.24) is 28.9 Å². The van der Waals surface area contributed by atoms with Gasteiger partial charge in [-0.15, -0.1) is 0 Å². The van der Waals surface area contributed by atoms with Gasteiger partial charge in [-0.2, -0.15) is 5.10 Å². The number of hydrogen-bond donors (Lipinski definition) is 0. The van der Waals surface area contributed by atoms with E-state index in [9.17, 15) is 4.79 Å². The van der Waals surface area contributed by atoms with E-state index in [0.29, 0.717) is 12.4 Å². The molecular weight excluding hydrogens is 444 g/mol. The molecule has 0 fully saturated rings. The van der Waals surface area contributed by atoms with E-state index in [0.717, 1.165) is 50.1 Å². The van der Waals surface area contributed by atoms with Crippen LogP contribution in [-0.2, 0) is 25.4 Å². The van der Waals surface area contributed by atoms with Crippen LogP contribution in [0.3, 0.4) is 0 Å². The molecular formula is C26H28N6O3. The number of pyridine rings is 2. The Kier molecular flexibility index (Phi) is 5.64. The monoisotopic (exact) mass is 472 g/mol. The third kappa shape index (κ3) is 3.87. The number of ether oxygens (including phenoxy) is 2. The van der Waals surface area contributed by atoms with Crippen molar-refractivity contribution >= 4 is 21.9 Å². The zero-order chi connectivity index (χ0) is 24.9. The predicted octanol–water partition coefficient (Wildman–Crippen LogP) is 3.91. The fraction of sp³-hybridized carbons (Fsp3) is 0.308. The molecule has 0 amide bonds. The minimum atomic E-state index is -0.144. The van der Waals surface area contributed by atoms with Gasteiger partial charge in [0.2, 0.25) is 0 Å². The molecule has 0 aliphatic heterocycles. The molecule has 9 heteroatoms. The summed E-state index contributed by atoms with van der Waals surface area (Å²) in [6.45, 7) is 6.23. The van der Waals surface area contributed by atoms with Gasteiger partial charge in [0.05, 0.1) is 46.8 Å². The Labute approximate surface area is 202 Å². The van der Waals surface area contributed by atoms with Crippen molar-refractivity contribution in [3.63, 3.8) is 0 Å². The van der Waals surface area contributed by atoms with Gasteiger partial charge in [0.25, 0.3) is 0 Å². The lowest BCUT2D eigenvalue weighted by Gasteiger charge is -2.15.